The lowest BCUT2D eigenvalue weighted by molar-refractivity contribution is 0.00378. The van der Waals surface area contributed by atoms with E-state index >= 15 is 0 Å². The number of aromatic hydroxyl groups is 1. The molecule has 1 aromatic rings. The van der Waals surface area contributed by atoms with Gasteiger partial charge in [-0.25, -0.2) is 15.6 Å². The molecule has 0 spiro atoms. The lowest BCUT2D eigenvalue weighted by Crippen LogP contribution is -2.67. The Morgan fingerprint density at radius 1 is 1.00 bits per heavy atom. The van der Waals surface area contributed by atoms with Crippen LogP contribution in [0.4, 0.5) is 4.79 Å². The number of urea groups is 1. The van der Waals surface area contributed by atoms with Gasteiger partial charge in [-0.15, -0.1) is 0 Å². The number of phenolic OH excluding ortho intramolecular Hbond substituents is 1. The van der Waals surface area contributed by atoms with Crippen LogP contribution in [0.25, 0.3) is 0 Å². The maximum absolute atomic E-state index is 12.3. The quantitative estimate of drug-likeness (QED) is 0.790. The minimum absolute atomic E-state index is 0.0467. The Bertz CT molecular complexity index is 453. The molecule has 2 rings (SSSR count). The number of carbonyl (C=O) groups is 1. The van der Waals surface area contributed by atoms with Gasteiger partial charge in [-0.05, 0) is 45.4 Å². The molecule has 1 saturated heterocycles. The van der Waals surface area contributed by atoms with E-state index in [9.17, 15) is 9.90 Å². The average Bonchev–Trinajstić information content (AvgIpc) is 2.39. The molecule has 1 fully saturated rings. The molecule has 0 atom stereocenters. The van der Waals surface area contributed by atoms with Crippen LogP contribution in [0, 0.1) is 0 Å². The lowest BCUT2D eigenvalue weighted by atomic mass is 10.1. The summed E-state index contributed by atoms with van der Waals surface area (Å²) in [6.07, 6.45) is -0.210. The zero-order chi connectivity index (χ0) is 14.9. The van der Waals surface area contributed by atoms with Gasteiger partial charge in [-0.3, -0.25) is 10.0 Å². The van der Waals surface area contributed by atoms with Crippen molar-refractivity contribution in [3.63, 3.8) is 0 Å². The van der Waals surface area contributed by atoms with Crippen molar-refractivity contribution in [3.8, 4) is 5.75 Å². The van der Waals surface area contributed by atoms with E-state index < -0.39 is 0 Å². The molecule has 6 heteroatoms. The highest BCUT2D eigenvalue weighted by molar-refractivity contribution is 5.74. The second-order valence-corrected chi connectivity index (χ2v) is 5.49. The van der Waals surface area contributed by atoms with Crippen LogP contribution in [0.5, 0.6) is 5.75 Å². The number of amides is 2. The summed E-state index contributed by atoms with van der Waals surface area (Å²) in [5.74, 6) is 0.224. The summed E-state index contributed by atoms with van der Waals surface area (Å²) in [5, 5.41) is 12.6. The van der Waals surface area contributed by atoms with Gasteiger partial charge in [0.1, 0.15) is 11.9 Å². The van der Waals surface area contributed by atoms with Gasteiger partial charge in [0.15, 0.2) is 0 Å². The van der Waals surface area contributed by atoms with Crippen LogP contribution in [0.3, 0.4) is 0 Å². The third-order valence-electron chi connectivity index (χ3n) is 3.21. The van der Waals surface area contributed by atoms with E-state index in [-0.39, 0.29) is 30.0 Å². The predicted molar refractivity (Wildman–Crippen MR) is 76.5 cm³/mol. The number of benzene rings is 1. The first-order valence-corrected chi connectivity index (χ1v) is 6.84. The van der Waals surface area contributed by atoms with Crippen molar-refractivity contribution >= 4 is 6.03 Å². The Balaban J connectivity index is 2.26. The third kappa shape index (κ3) is 2.86. The van der Waals surface area contributed by atoms with Crippen molar-refractivity contribution in [2.45, 2.75) is 45.9 Å². The zero-order valence-electron chi connectivity index (χ0n) is 12.3. The number of nitrogens with zero attached hydrogens (tertiary/aromatic N) is 2. The van der Waals surface area contributed by atoms with E-state index in [0.717, 1.165) is 5.56 Å². The minimum Gasteiger partial charge on any atom is -0.508 e. The summed E-state index contributed by atoms with van der Waals surface area (Å²) in [7, 11) is 0. The first-order valence-electron chi connectivity index (χ1n) is 6.84. The van der Waals surface area contributed by atoms with Gasteiger partial charge in [-0.2, -0.15) is 0 Å². The van der Waals surface area contributed by atoms with Gasteiger partial charge < -0.3 is 5.11 Å². The van der Waals surface area contributed by atoms with Crippen molar-refractivity contribution < 1.29 is 9.90 Å². The summed E-state index contributed by atoms with van der Waals surface area (Å²) in [6, 6.07) is 6.92. The second-order valence-electron chi connectivity index (χ2n) is 5.49. The van der Waals surface area contributed by atoms with Gasteiger partial charge in [-0.1, -0.05) is 12.1 Å². The number of carbonyl (C=O) groups excluding carboxylic acids is 1. The van der Waals surface area contributed by atoms with Crippen molar-refractivity contribution in [2.75, 3.05) is 0 Å². The summed E-state index contributed by atoms with van der Waals surface area (Å²) in [5.41, 5.74) is 7.30. The SMILES string of the molecule is CC(C)N1NC(c2ccc(O)cc2)NN(C(C)C)C1=O. The number of phenols is 1. The van der Waals surface area contributed by atoms with Gasteiger partial charge in [0.05, 0.1) is 0 Å². The summed E-state index contributed by atoms with van der Waals surface area (Å²) in [6.45, 7) is 7.84. The molecular formula is C14H22N4O2. The first kappa shape index (κ1) is 14.6. The maximum Gasteiger partial charge on any atom is 0.349 e. The number of hydrogen-bond acceptors (Lipinski definition) is 4. The topological polar surface area (TPSA) is 67.8 Å². The molecule has 0 unspecified atom stereocenters. The molecule has 1 aliphatic heterocycles. The lowest BCUT2D eigenvalue weighted by Gasteiger charge is -2.44. The van der Waals surface area contributed by atoms with Gasteiger partial charge in [0.25, 0.3) is 0 Å². The summed E-state index contributed by atoms with van der Waals surface area (Å²) < 4.78 is 0. The van der Waals surface area contributed by atoms with E-state index in [0.29, 0.717) is 0 Å². The number of hydrogen-bond donors (Lipinski definition) is 3. The fraction of sp³-hybridized carbons (Fsp3) is 0.500. The fourth-order valence-corrected chi connectivity index (χ4v) is 2.09. The Morgan fingerprint density at radius 3 is 1.85 bits per heavy atom. The molecule has 1 aliphatic rings. The molecule has 0 aromatic heterocycles. The molecule has 1 heterocycles. The molecule has 2 amide bonds. The molecule has 110 valence electrons. The van der Waals surface area contributed by atoms with Crippen LogP contribution in [0.2, 0.25) is 0 Å². The zero-order valence-corrected chi connectivity index (χ0v) is 12.3. The number of rotatable bonds is 3. The molecule has 20 heavy (non-hydrogen) atoms. The molecule has 1 aromatic carbocycles. The van der Waals surface area contributed by atoms with Crippen LogP contribution >= 0.6 is 0 Å². The monoisotopic (exact) mass is 278 g/mol. The van der Waals surface area contributed by atoms with Crippen molar-refractivity contribution in [3.05, 3.63) is 29.8 Å². The highest BCUT2D eigenvalue weighted by atomic mass is 16.3. The van der Waals surface area contributed by atoms with Crippen LogP contribution < -0.4 is 10.9 Å². The smallest absolute Gasteiger partial charge is 0.349 e. The van der Waals surface area contributed by atoms with Crippen molar-refractivity contribution in [2.24, 2.45) is 0 Å². The number of nitrogens with one attached hydrogen (secondary N) is 2. The standard InChI is InChI=1S/C14H22N4O2/c1-9(2)17-14(20)18(10(3)4)16-13(15-17)11-5-7-12(19)8-6-11/h5-10,13,15-16,19H,1-4H3. The normalized spacial score (nSPS) is 17.4. The Kier molecular flexibility index (Phi) is 4.15. The van der Waals surface area contributed by atoms with Gasteiger partial charge in [0, 0.05) is 12.1 Å². The first-order chi connectivity index (χ1) is 9.40. The Morgan fingerprint density at radius 2 is 1.45 bits per heavy atom. The molecule has 0 bridgehead atoms. The van der Waals surface area contributed by atoms with Crippen LogP contribution in [0.15, 0.2) is 24.3 Å². The molecule has 6 nitrogen and oxygen atoms in total. The van der Waals surface area contributed by atoms with Crippen molar-refractivity contribution in [1.82, 2.24) is 20.9 Å². The van der Waals surface area contributed by atoms with Crippen LogP contribution in [-0.2, 0) is 0 Å². The molecule has 0 saturated carbocycles. The maximum atomic E-state index is 12.3. The molecule has 0 aliphatic carbocycles. The molecule has 3 N–H and O–H groups in total. The van der Waals surface area contributed by atoms with E-state index in [1.54, 1.807) is 22.2 Å². The Labute approximate surface area is 119 Å². The van der Waals surface area contributed by atoms with E-state index in [1.165, 1.54) is 0 Å². The van der Waals surface area contributed by atoms with Crippen LogP contribution in [-0.4, -0.2) is 33.2 Å². The summed E-state index contributed by atoms with van der Waals surface area (Å²) >= 11 is 0. The van der Waals surface area contributed by atoms with Crippen LogP contribution in [0.1, 0.15) is 39.4 Å². The molecule has 0 radical (unpaired) electrons. The van der Waals surface area contributed by atoms with Gasteiger partial charge in [0.2, 0.25) is 0 Å². The Hall–Kier alpha value is -1.79. The second kappa shape index (κ2) is 5.68. The minimum atomic E-state index is -0.210. The van der Waals surface area contributed by atoms with Gasteiger partial charge >= 0.3 is 6.03 Å². The van der Waals surface area contributed by atoms with E-state index in [2.05, 4.69) is 10.9 Å². The van der Waals surface area contributed by atoms with Crippen molar-refractivity contribution in [1.29, 1.82) is 0 Å². The fourth-order valence-electron chi connectivity index (χ4n) is 2.09. The number of hydrazine groups is 2. The highest BCUT2D eigenvalue weighted by Crippen LogP contribution is 2.20. The highest BCUT2D eigenvalue weighted by Gasteiger charge is 2.34. The van der Waals surface area contributed by atoms with E-state index in [4.69, 9.17) is 0 Å². The average molecular weight is 278 g/mol. The summed E-state index contributed by atoms with van der Waals surface area (Å²) in [4.78, 5) is 12.3. The largest absolute Gasteiger partial charge is 0.508 e. The third-order valence-corrected chi connectivity index (χ3v) is 3.21. The molecular weight excluding hydrogens is 256 g/mol. The predicted octanol–water partition coefficient (Wildman–Crippen LogP) is 1.95. The van der Waals surface area contributed by atoms with E-state index in [1.807, 2.05) is 39.8 Å².